The van der Waals surface area contributed by atoms with Crippen molar-refractivity contribution < 1.29 is 9.72 Å². The number of rotatable bonds is 5. The van der Waals surface area contributed by atoms with Gasteiger partial charge in [0.15, 0.2) is 0 Å². The first-order valence-electron chi connectivity index (χ1n) is 7.34. The van der Waals surface area contributed by atoms with Gasteiger partial charge in [0.25, 0.3) is 5.69 Å². The van der Waals surface area contributed by atoms with E-state index in [0.29, 0.717) is 19.4 Å². The van der Waals surface area contributed by atoms with E-state index in [2.05, 4.69) is 0 Å². The van der Waals surface area contributed by atoms with Crippen molar-refractivity contribution in [3.05, 3.63) is 39.9 Å². The molecule has 0 radical (unpaired) electrons. The van der Waals surface area contributed by atoms with Gasteiger partial charge in [-0.2, -0.15) is 0 Å². The molecule has 1 amide bonds. The largest absolute Gasteiger partial charge is 0.338 e. The molecule has 1 atom stereocenters. The number of amides is 1. The monoisotopic (exact) mass is 327 g/mol. The summed E-state index contributed by atoms with van der Waals surface area (Å²) in [6, 6.07) is 6.61. The maximum atomic E-state index is 12.3. The molecule has 0 aliphatic carbocycles. The highest BCUT2D eigenvalue weighted by Gasteiger charge is 2.25. The van der Waals surface area contributed by atoms with Crippen LogP contribution in [0.4, 0.5) is 5.69 Å². The summed E-state index contributed by atoms with van der Waals surface area (Å²) in [6.45, 7) is 1.28. The molecular formula is C15H22ClN3O3. The third-order valence-electron chi connectivity index (χ3n) is 3.97. The average molecular weight is 328 g/mol. The summed E-state index contributed by atoms with van der Waals surface area (Å²) < 4.78 is 0. The fourth-order valence-electron chi connectivity index (χ4n) is 2.79. The molecule has 1 aliphatic rings. The zero-order valence-corrected chi connectivity index (χ0v) is 13.3. The standard InChI is InChI=1S/C15H21N3O3.ClH/c16-11-14-5-1-2-9-17(14)15(19)8-7-12-4-3-6-13(10-12)18(20)21;/h3-4,6,10,14H,1-2,5,7-9,11,16H2;1H. The Bertz CT molecular complexity index is 525. The van der Waals surface area contributed by atoms with Crippen LogP contribution in [0.2, 0.25) is 0 Å². The first kappa shape index (κ1) is 18.4. The number of carbonyl (C=O) groups is 1. The molecule has 2 rings (SSSR count). The van der Waals surface area contributed by atoms with Crippen molar-refractivity contribution >= 4 is 24.0 Å². The summed E-state index contributed by atoms with van der Waals surface area (Å²) in [5.41, 5.74) is 6.61. The number of likely N-dealkylation sites (tertiary alicyclic amines) is 1. The number of nitro groups is 1. The second-order valence-corrected chi connectivity index (χ2v) is 5.40. The second kappa shape index (κ2) is 8.70. The predicted octanol–water partition coefficient (Wildman–Crippen LogP) is 2.29. The van der Waals surface area contributed by atoms with Gasteiger partial charge >= 0.3 is 0 Å². The van der Waals surface area contributed by atoms with Crippen molar-refractivity contribution in [2.24, 2.45) is 5.73 Å². The Kier molecular flexibility index (Phi) is 7.27. The van der Waals surface area contributed by atoms with Crippen molar-refractivity contribution in [3.63, 3.8) is 0 Å². The van der Waals surface area contributed by atoms with Gasteiger partial charge in [0.05, 0.1) is 4.92 Å². The molecule has 122 valence electrons. The van der Waals surface area contributed by atoms with Gasteiger partial charge < -0.3 is 10.6 Å². The summed E-state index contributed by atoms with van der Waals surface area (Å²) >= 11 is 0. The number of nitrogens with zero attached hydrogens (tertiary/aromatic N) is 2. The number of hydrogen-bond acceptors (Lipinski definition) is 4. The molecule has 1 aliphatic heterocycles. The third kappa shape index (κ3) is 4.68. The fourth-order valence-corrected chi connectivity index (χ4v) is 2.79. The van der Waals surface area contributed by atoms with Crippen LogP contribution in [0.1, 0.15) is 31.2 Å². The summed E-state index contributed by atoms with van der Waals surface area (Å²) in [4.78, 5) is 24.5. The summed E-state index contributed by atoms with van der Waals surface area (Å²) in [5.74, 6) is 0.0941. The Hall–Kier alpha value is -1.66. The molecule has 1 saturated heterocycles. The average Bonchev–Trinajstić information content (AvgIpc) is 2.52. The lowest BCUT2D eigenvalue weighted by molar-refractivity contribution is -0.384. The number of benzene rings is 1. The van der Waals surface area contributed by atoms with Crippen molar-refractivity contribution in [2.75, 3.05) is 13.1 Å². The van der Waals surface area contributed by atoms with Gasteiger partial charge in [-0.05, 0) is 31.2 Å². The van der Waals surface area contributed by atoms with Gasteiger partial charge in [-0.15, -0.1) is 12.4 Å². The van der Waals surface area contributed by atoms with E-state index in [1.807, 2.05) is 11.0 Å². The van der Waals surface area contributed by atoms with E-state index in [1.165, 1.54) is 12.1 Å². The highest BCUT2D eigenvalue weighted by Crippen LogP contribution is 2.19. The van der Waals surface area contributed by atoms with Crippen molar-refractivity contribution in [1.82, 2.24) is 4.90 Å². The van der Waals surface area contributed by atoms with E-state index in [-0.39, 0.29) is 30.0 Å². The number of nitro benzene ring substituents is 1. The highest BCUT2D eigenvalue weighted by molar-refractivity contribution is 5.85. The van der Waals surface area contributed by atoms with E-state index >= 15 is 0 Å². The van der Waals surface area contributed by atoms with E-state index in [1.54, 1.807) is 6.07 Å². The van der Waals surface area contributed by atoms with Crippen LogP contribution in [0.25, 0.3) is 0 Å². The number of non-ortho nitro benzene ring substituents is 1. The smallest absolute Gasteiger partial charge is 0.269 e. The van der Waals surface area contributed by atoms with Crippen LogP contribution in [-0.2, 0) is 11.2 Å². The topological polar surface area (TPSA) is 89.5 Å². The van der Waals surface area contributed by atoms with E-state index in [0.717, 1.165) is 31.4 Å². The maximum absolute atomic E-state index is 12.3. The predicted molar refractivity (Wildman–Crippen MR) is 87.1 cm³/mol. The van der Waals surface area contributed by atoms with Gasteiger partial charge in [-0.1, -0.05) is 12.1 Å². The van der Waals surface area contributed by atoms with Crippen LogP contribution in [-0.4, -0.2) is 34.9 Å². The van der Waals surface area contributed by atoms with Crippen LogP contribution in [0.3, 0.4) is 0 Å². The molecule has 1 aromatic rings. The SMILES string of the molecule is Cl.NCC1CCCCN1C(=O)CCc1cccc([N+](=O)[O-])c1. The Balaban J connectivity index is 0.00000242. The van der Waals surface area contributed by atoms with Crippen LogP contribution >= 0.6 is 12.4 Å². The van der Waals surface area contributed by atoms with E-state index in [4.69, 9.17) is 5.73 Å². The Morgan fingerprint density at radius 2 is 2.18 bits per heavy atom. The quantitative estimate of drug-likeness (QED) is 0.663. The van der Waals surface area contributed by atoms with Gasteiger partial charge in [-0.25, -0.2) is 0 Å². The van der Waals surface area contributed by atoms with E-state index < -0.39 is 4.92 Å². The summed E-state index contributed by atoms with van der Waals surface area (Å²) in [5, 5.41) is 10.7. The Labute approximate surface area is 136 Å². The number of carbonyl (C=O) groups excluding carboxylic acids is 1. The molecule has 1 heterocycles. The van der Waals surface area contributed by atoms with Gasteiger partial charge in [0.1, 0.15) is 0 Å². The molecule has 1 aromatic carbocycles. The van der Waals surface area contributed by atoms with Crippen molar-refractivity contribution in [1.29, 1.82) is 0 Å². The minimum absolute atomic E-state index is 0. The summed E-state index contributed by atoms with van der Waals surface area (Å²) in [6.07, 6.45) is 4.01. The number of halogens is 1. The number of nitrogens with two attached hydrogens (primary N) is 1. The lowest BCUT2D eigenvalue weighted by Crippen LogP contribution is -2.47. The molecule has 22 heavy (non-hydrogen) atoms. The van der Waals surface area contributed by atoms with E-state index in [9.17, 15) is 14.9 Å². The Morgan fingerprint density at radius 1 is 1.41 bits per heavy atom. The van der Waals surface area contributed by atoms with Crippen LogP contribution < -0.4 is 5.73 Å². The number of hydrogen-bond donors (Lipinski definition) is 1. The molecule has 7 heteroatoms. The molecule has 0 bridgehead atoms. The fraction of sp³-hybridized carbons (Fsp3) is 0.533. The zero-order valence-electron chi connectivity index (χ0n) is 12.4. The Morgan fingerprint density at radius 3 is 2.86 bits per heavy atom. The second-order valence-electron chi connectivity index (χ2n) is 5.40. The third-order valence-corrected chi connectivity index (χ3v) is 3.97. The first-order valence-corrected chi connectivity index (χ1v) is 7.34. The van der Waals surface area contributed by atoms with Crippen LogP contribution in [0.5, 0.6) is 0 Å². The van der Waals surface area contributed by atoms with Crippen molar-refractivity contribution in [2.45, 2.75) is 38.1 Å². The molecule has 6 nitrogen and oxygen atoms in total. The first-order chi connectivity index (χ1) is 10.1. The molecule has 2 N–H and O–H groups in total. The molecule has 1 unspecified atom stereocenters. The summed E-state index contributed by atoms with van der Waals surface area (Å²) in [7, 11) is 0. The van der Waals surface area contributed by atoms with Crippen LogP contribution in [0.15, 0.2) is 24.3 Å². The molecule has 1 fully saturated rings. The van der Waals surface area contributed by atoms with Crippen LogP contribution in [0, 0.1) is 10.1 Å². The highest BCUT2D eigenvalue weighted by atomic mass is 35.5. The molecular weight excluding hydrogens is 306 g/mol. The normalized spacial score (nSPS) is 17.7. The lowest BCUT2D eigenvalue weighted by atomic mass is 10.0. The lowest BCUT2D eigenvalue weighted by Gasteiger charge is -2.35. The zero-order chi connectivity index (χ0) is 15.2. The molecule has 0 spiro atoms. The van der Waals surface area contributed by atoms with Gasteiger partial charge in [0.2, 0.25) is 5.91 Å². The molecule has 0 aromatic heterocycles. The van der Waals surface area contributed by atoms with Gasteiger partial charge in [0, 0.05) is 37.7 Å². The number of aryl methyl sites for hydroxylation is 1. The van der Waals surface area contributed by atoms with Gasteiger partial charge in [-0.3, -0.25) is 14.9 Å². The molecule has 0 saturated carbocycles. The maximum Gasteiger partial charge on any atom is 0.269 e. The number of piperidine rings is 1. The van der Waals surface area contributed by atoms with Crippen molar-refractivity contribution in [3.8, 4) is 0 Å². The minimum atomic E-state index is -0.416. The minimum Gasteiger partial charge on any atom is -0.338 e.